The zero-order valence-corrected chi connectivity index (χ0v) is 21.8. The highest BCUT2D eigenvalue weighted by molar-refractivity contribution is 5.96. The molecule has 0 aliphatic heterocycles. The first-order valence-corrected chi connectivity index (χ1v) is 13.0. The fraction of sp³-hybridized carbons (Fsp3) is 0.808. The topological polar surface area (TPSA) is 88.5 Å². The number of hydrogen-bond acceptors (Lipinski definition) is 4. The van der Waals surface area contributed by atoms with Crippen molar-refractivity contribution in [1.82, 2.24) is 25.3 Å². The molecule has 0 spiro atoms. The second kappa shape index (κ2) is 9.78. The van der Waals surface area contributed by atoms with E-state index in [1.807, 2.05) is 13.8 Å². The van der Waals surface area contributed by atoms with Gasteiger partial charge in [-0.15, -0.1) is 0 Å². The molecular weight excluding hydrogens is 430 g/mol. The highest BCUT2D eigenvalue weighted by atomic mass is 16.5. The monoisotopic (exact) mass is 473 g/mol. The Kier molecular flexibility index (Phi) is 7.15. The number of nitrogens with zero attached hydrogens (tertiary/aromatic N) is 3. The Morgan fingerprint density at radius 3 is 2.32 bits per heavy atom. The molecule has 1 aromatic rings. The van der Waals surface area contributed by atoms with Crippen molar-refractivity contribution in [2.24, 2.45) is 29.6 Å². The fourth-order valence-electron chi connectivity index (χ4n) is 6.33. The fourth-order valence-corrected chi connectivity index (χ4v) is 6.33. The summed E-state index contributed by atoms with van der Waals surface area (Å²) in [4.78, 5) is 27.1. The van der Waals surface area contributed by atoms with Crippen molar-refractivity contribution in [2.45, 2.75) is 84.3 Å². The van der Waals surface area contributed by atoms with E-state index in [1.54, 1.807) is 25.0 Å². The van der Waals surface area contributed by atoms with Gasteiger partial charge in [0.25, 0.3) is 5.91 Å². The SMILES string of the molecule is CC(C)COc1c(C(=O)NC2C3CC4CC(C3)CC2C4)cnn1CCC(C)(C)NC(=O)N(C)C. The second-order valence-electron chi connectivity index (χ2n) is 12.2. The number of rotatable bonds is 9. The van der Waals surface area contributed by atoms with Gasteiger partial charge in [-0.1, -0.05) is 13.8 Å². The van der Waals surface area contributed by atoms with Gasteiger partial charge in [-0.3, -0.25) is 4.79 Å². The number of aryl methyl sites for hydroxylation is 1. The first-order chi connectivity index (χ1) is 16.0. The molecule has 0 saturated heterocycles. The number of hydrogen-bond donors (Lipinski definition) is 2. The van der Waals surface area contributed by atoms with Crippen LogP contribution in [0.2, 0.25) is 0 Å². The molecule has 4 aliphatic carbocycles. The predicted octanol–water partition coefficient (Wildman–Crippen LogP) is 3.91. The van der Waals surface area contributed by atoms with Crippen LogP contribution in [0.1, 0.15) is 76.6 Å². The van der Waals surface area contributed by atoms with Gasteiger partial charge in [-0.05, 0) is 82.0 Å². The molecule has 3 amide bonds. The molecule has 190 valence electrons. The number of urea groups is 1. The molecule has 5 rings (SSSR count). The summed E-state index contributed by atoms with van der Waals surface area (Å²) in [5.41, 5.74) is 0.0930. The number of nitrogens with one attached hydrogen (secondary N) is 2. The molecule has 8 heteroatoms. The first-order valence-electron chi connectivity index (χ1n) is 13.0. The van der Waals surface area contributed by atoms with Gasteiger partial charge in [0.15, 0.2) is 0 Å². The van der Waals surface area contributed by atoms with Crippen LogP contribution >= 0.6 is 0 Å². The lowest BCUT2D eigenvalue weighted by Crippen LogP contribution is -2.55. The van der Waals surface area contributed by atoms with Gasteiger partial charge in [-0.25, -0.2) is 9.48 Å². The predicted molar refractivity (Wildman–Crippen MR) is 132 cm³/mol. The van der Waals surface area contributed by atoms with Crippen LogP contribution in [-0.4, -0.2) is 58.9 Å². The van der Waals surface area contributed by atoms with Gasteiger partial charge in [0.1, 0.15) is 5.56 Å². The normalized spacial score (nSPS) is 27.7. The van der Waals surface area contributed by atoms with E-state index >= 15 is 0 Å². The van der Waals surface area contributed by atoms with E-state index in [0.717, 1.165) is 11.8 Å². The van der Waals surface area contributed by atoms with E-state index in [1.165, 1.54) is 37.0 Å². The molecule has 0 radical (unpaired) electrons. The minimum atomic E-state index is -0.425. The summed E-state index contributed by atoms with van der Waals surface area (Å²) >= 11 is 0. The van der Waals surface area contributed by atoms with Crippen LogP contribution in [0.25, 0.3) is 0 Å². The lowest BCUT2D eigenvalue weighted by atomic mass is 9.54. The first kappa shape index (κ1) is 24.9. The summed E-state index contributed by atoms with van der Waals surface area (Å²) < 4.78 is 7.90. The largest absolute Gasteiger partial charge is 0.477 e. The zero-order chi connectivity index (χ0) is 24.6. The van der Waals surface area contributed by atoms with E-state index < -0.39 is 5.54 Å². The molecule has 2 N–H and O–H groups in total. The Labute approximate surface area is 204 Å². The maximum Gasteiger partial charge on any atom is 0.317 e. The Morgan fingerprint density at radius 2 is 1.76 bits per heavy atom. The highest BCUT2D eigenvalue weighted by Crippen LogP contribution is 2.53. The van der Waals surface area contributed by atoms with Crippen molar-refractivity contribution in [3.8, 4) is 5.88 Å². The summed E-state index contributed by atoms with van der Waals surface area (Å²) in [6, 6.07) is 0.152. The van der Waals surface area contributed by atoms with Crippen molar-refractivity contribution >= 4 is 11.9 Å². The van der Waals surface area contributed by atoms with Crippen LogP contribution in [0, 0.1) is 29.6 Å². The van der Waals surface area contributed by atoms with Crippen molar-refractivity contribution in [3.05, 3.63) is 11.8 Å². The van der Waals surface area contributed by atoms with Gasteiger partial charge >= 0.3 is 6.03 Å². The van der Waals surface area contributed by atoms with Crippen LogP contribution < -0.4 is 15.4 Å². The average molecular weight is 474 g/mol. The van der Waals surface area contributed by atoms with E-state index in [-0.39, 0.29) is 18.0 Å². The van der Waals surface area contributed by atoms with Gasteiger partial charge in [-0.2, -0.15) is 5.10 Å². The standard InChI is InChI=1S/C26H43N5O3/c1-16(2)15-34-24-21(14-27-31(24)8-7-26(3,4)29-25(33)30(5)6)23(32)28-22-19-10-17-9-18(12-19)13-20(22)11-17/h14,16-20,22H,7-13,15H2,1-6H3,(H,28,32)(H,29,33). The van der Waals surface area contributed by atoms with Crippen LogP contribution in [0.15, 0.2) is 6.20 Å². The third-order valence-electron chi connectivity index (χ3n) is 7.91. The van der Waals surface area contributed by atoms with Gasteiger partial charge in [0.05, 0.1) is 12.8 Å². The number of amides is 3. The molecule has 0 unspecified atom stereocenters. The Morgan fingerprint density at radius 1 is 1.15 bits per heavy atom. The molecule has 0 aromatic carbocycles. The van der Waals surface area contributed by atoms with Gasteiger partial charge in [0.2, 0.25) is 5.88 Å². The molecule has 1 heterocycles. The van der Waals surface area contributed by atoms with E-state index in [0.29, 0.717) is 48.8 Å². The van der Waals surface area contributed by atoms with Crippen molar-refractivity contribution < 1.29 is 14.3 Å². The van der Waals surface area contributed by atoms with Crippen LogP contribution in [0.3, 0.4) is 0 Å². The maximum absolute atomic E-state index is 13.4. The molecule has 34 heavy (non-hydrogen) atoms. The zero-order valence-electron chi connectivity index (χ0n) is 21.8. The Hall–Kier alpha value is -2.25. The average Bonchev–Trinajstić information content (AvgIpc) is 3.15. The molecule has 0 atom stereocenters. The third-order valence-corrected chi connectivity index (χ3v) is 7.91. The number of carbonyl (C=O) groups is 2. The number of carbonyl (C=O) groups excluding carboxylic acids is 2. The van der Waals surface area contributed by atoms with Crippen LogP contribution in [0.5, 0.6) is 5.88 Å². The minimum Gasteiger partial charge on any atom is -0.477 e. The molecule has 4 saturated carbocycles. The summed E-state index contributed by atoms with van der Waals surface area (Å²) in [5, 5.41) is 11.0. The van der Waals surface area contributed by atoms with Gasteiger partial charge < -0.3 is 20.3 Å². The van der Waals surface area contributed by atoms with Gasteiger partial charge in [0, 0.05) is 32.2 Å². The smallest absolute Gasteiger partial charge is 0.317 e. The third kappa shape index (κ3) is 5.52. The summed E-state index contributed by atoms with van der Waals surface area (Å²) in [6.45, 7) is 9.23. The van der Waals surface area contributed by atoms with E-state index in [4.69, 9.17) is 4.74 Å². The maximum atomic E-state index is 13.4. The molecule has 1 aromatic heterocycles. The Balaban J connectivity index is 1.45. The second-order valence-corrected chi connectivity index (χ2v) is 12.2. The Bertz CT molecular complexity index is 863. The van der Waals surface area contributed by atoms with Crippen LogP contribution in [-0.2, 0) is 6.54 Å². The van der Waals surface area contributed by atoms with E-state index in [9.17, 15) is 9.59 Å². The highest BCUT2D eigenvalue weighted by Gasteiger charge is 2.48. The van der Waals surface area contributed by atoms with Crippen LogP contribution in [0.4, 0.5) is 4.79 Å². The summed E-state index contributed by atoms with van der Waals surface area (Å²) in [7, 11) is 3.45. The molecule has 8 nitrogen and oxygen atoms in total. The lowest BCUT2D eigenvalue weighted by molar-refractivity contribution is -0.0120. The molecular formula is C26H43N5O3. The number of aromatic nitrogens is 2. The molecule has 4 fully saturated rings. The summed E-state index contributed by atoms with van der Waals surface area (Å²) in [5.74, 6) is 3.79. The van der Waals surface area contributed by atoms with Crippen molar-refractivity contribution in [2.75, 3.05) is 20.7 Å². The minimum absolute atomic E-state index is 0.0670. The van der Waals surface area contributed by atoms with E-state index in [2.05, 4.69) is 29.6 Å². The molecule has 4 aliphatic rings. The molecule has 4 bridgehead atoms. The number of ether oxygens (including phenoxy) is 1. The quantitative estimate of drug-likeness (QED) is 0.569. The summed E-state index contributed by atoms with van der Waals surface area (Å²) in [6.07, 6.45) is 8.76. The lowest BCUT2D eigenvalue weighted by Gasteiger charge is -2.54. The van der Waals surface area contributed by atoms with Crippen molar-refractivity contribution in [1.29, 1.82) is 0 Å². The van der Waals surface area contributed by atoms with Crippen molar-refractivity contribution in [3.63, 3.8) is 0 Å².